The van der Waals surface area contributed by atoms with Crippen LogP contribution in [0.4, 0.5) is 16.8 Å². The SMILES string of the molecule is CCc1nn(C)cc1Nc1nc(N)ns1. The first kappa shape index (κ1) is 9.91. The normalized spacial score (nSPS) is 10.5. The van der Waals surface area contributed by atoms with Crippen molar-refractivity contribution in [2.75, 3.05) is 11.1 Å². The number of hydrogen-bond acceptors (Lipinski definition) is 6. The van der Waals surface area contributed by atoms with Crippen LogP contribution >= 0.6 is 11.5 Å². The first-order valence-electron chi connectivity index (χ1n) is 4.57. The Labute approximate surface area is 91.3 Å². The predicted octanol–water partition coefficient (Wildman–Crippen LogP) is 1.16. The molecular weight excluding hydrogens is 212 g/mol. The van der Waals surface area contributed by atoms with Crippen molar-refractivity contribution in [3.8, 4) is 0 Å². The summed E-state index contributed by atoms with van der Waals surface area (Å²) in [5.41, 5.74) is 7.40. The molecule has 0 amide bonds. The Morgan fingerprint density at radius 2 is 2.40 bits per heavy atom. The summed E-state index contributed by atoms with van der Waals surface area (Å²) in [7, 11) is 1.89. The molecular formula is C8H12N6S. The van der Waals surface area contributed by atoms with Crippen LogP contribution in [-0.2, 0) is 13.5 Å². The molecule has 0 aliphatic rings. The number of nitrogens with zero attached hydrogens (tertiary/aromatic N) is 4. The molecule has 0 aromatic carbocycles. The van der Waals surface area contributed by atoms with Crippen LogP contribution in [0.2, 0.25) is 0 Å². The lowest BCUT2D eigenvalue weighted by atomic mass is 10.3. The summed E-state index contributed by atoms with van der Waals surface area (Å²) in [6.07, 6.45) is 2.79. The molecule has 7 heteroatoms. The molecule has 80 valence electrons. The Bertz CT molecular complexity index is 459. The molecule has 0 saturated heterocycles. The van der Waals surface area contributed by atoms with Gasteiger partial charge in [0.05, 0.1) is 11.4 Å². The summed E-state index contributed by atoms with van der Waals surface area (Å²) in [4.78, 5) is 4.03. The van der Waals surface area contributed by atoms with E-state index in [0.29, 0.717) is 11.1 Å². The largest absolute Gasteiger partial charge is 0.367 e. The van der Waals surface area contributed by atoms with Gasteiger partial charge in [0.15, 0.2) is 0 Å². The number of aryl methyl sites for hydroxylation is 2. The van der Waals surface area contributed by atoms with Gasteiger partial charge in [0.25, 0.3) is 0 Å². The van der Waals surface area contributed by atoms with Gasteiger partial charge in [-0.15, -0.1) is 0 Å². The summed E-state index contributed by atoms with van der Waals surface area (Å²) in [5.74, 6) is 0.296. The third-order valence-electron chi connectivity index (χ3n) is 1.92. The van der Waals surface area contributed by atoms with Gasteiger partial charge >= 0.3 is 0 Å². The third kappa shape index (κ3) is 2.07. The summed E-state index contributed by atoms with van der Waals surface area (Å²) >= 11 is 1.24. The quantitative estimate of drug-likeness (QED) is 0.817. The number of anilines is 3. The molecule has 0 aliphatic heterocycles. The first-order chi connectivity index (χ1) is 7.19. The number of nitrogens with one attached hydrogen (secondary N) is 1. The topological polar surface area (TPSA) is 81.7 Å². The van der Waals surface area contributed by atoms with Gasteiger partial charge < -0.3 is 11.1 Å². The Morgan fingerprint density at radius 1 is 1.60 bits per heavy atom. The van der Waals surface area contributed by atoms with E-state index < -0.39 is 0 Å². The maximum absolute atomic E-state index is 5.44. The number of nitrogen functional groups attached to an aromatic ring is 1. The van der Waals surface area contributed by atoms with Gasteiger partial charge in [0, 0.05) is 24.8 Å². The minimum Gasteiger partial charge on any atom is -0.367 e. The van der Waals surface area contributed by atoms with Gasteiger partial charge in [0.2, 0.25) is 11.1 Å². The minimum atomic E-state index is 0.296. The summed E-state index contributed by atoms with van der Waals surface area (Å²) in [6.45, 7) is 2.06. The molecule has 3 N–H and O–H groups in total. The number of rotatable bonds is 3. The van der Waals surface area contributed by atoms with Crippen molar-refractivity contribution < 1.29 is 0 Å². The van der Waals surface area contributed by atoms with E-state index in [9.17, 15) is 0 Å². The zero-order valence-electron chi connectivity index (χ0n) is 8.56. The Hall–Kier alpha value is -1.63. The lowest BCUT2D eigenvalue weighted by molar-refractivity contribution is 0.746. The number of hydrogen-bond donors (Lipinski definition) is 2. The molecule has 2 aromatic heterocycles. The fourth-order valence-electron chi connectivity index (χ4n) is 1.30. The minimum absolute atomic E-state index is 0.296. The van der Waals surface area contributed by atoms with E-state index in [1.54, 1.807) is 4.68 Å². The molecule has 2 heterocycles. The van der Waals surface area contributed by atoms with Gasteiger partial charge in [-0.3, -0.25) is 4.68 Å². The highest BCUT2D eigenvalue weighted by Crippen LogP contribution is 2.21. The Kier molecular flexibility index (Phi) is 2.55. The Balaban J connectivity index is 2.23. The van der Waals surface area contributed by atoms with Crippen molar-refractivity contribution in [2.24, 2.45) is 7.05 Å². The van der Waals surface area contributed by atoms with Gasteiger partial charge in [-0.2, -0.15) is 14.5 Å². The van der Waals surface area contributed by atoms with E-state index >= 15 is 0 Å². The molecule has 0 radical (unpaired) electrons. The molecule has 2 rings (SSSR count). The lowest BCUT2D eigenvalue weighted by Gasteiger charge is -1.98. The van der Waals surface area contributed by atoms with Crippen molar-refractivity contribution in [3.05, 3.63) is 11.9 Å². The maximum Gasteiger partial charge on any atom is 0.233 e. The van der Waals surface area contributed by atoms with Gasteiger partial charge in [-0.1, -0.05) is 6.92 Å². The molecule has 0 bridgehead atoms. The zero-order chi connectivity index (χ0) is 10.8. The second-order valence-electron chi connectivity index (χ2n) is 3.10. The molecule has 0 unspecified atom stereocenters. The first-order valence-corrected chi connectivity index (χ1v) is 5.35. The lowest BCUT2D eigenvalue weighted by Crippen LogP contribution is -1.93. The van der Waals surface area contributed by atoms with Gasteiger partial charge in [0.1, 0.15) is 0 Å². The van der Waals surface area contributed by atoms with Crippen LogP contribution in [0, 0.1) is 0 Å². The van der Waals surface area contributed by atoms with Crippen LogP contribution in [0.25, 0.3) is 0 Å². The fourth-order valence-corrected chi connectivity index (χ4v) is 1.81. The fraction of sp³-hybridized carbons (Fsp3) is 0.375. The van der Waals surface area contributed by atoms with Crippen LogP contribution in [0.3, 0.4) is 0 Å². The summed E-state index contributed by atoms with van der Waals surface area (Å²) in [5, 5.41) is 8.15. The van der Waals surface area contributed by atoms with Crippen LogP contribution in [-0.4, -0.2) is 19.1 Å². The molecule has 6 nitrogen and oxygen atoms in total. The number of nitrogens with two attached hydrogens (primary N) is 1. The molecule has 2 aromatic rings. The van der Waals surface area contributed by atoms with Crippen LogP contribution in [0.5, 0.6) is 0 Å². The van der Waals surface area contributed by atoms with Crippen molar-refractivity contribution >= 4 is 28.3 Å². The highest BCUT2D eigenvalue weighted by Gasteiger charge is 2.08. The van der Waals surface area contributed by atoms with Crippen molar-refractivity contribution in [1.29, 1.82) is 0 Å². The van der Waals surface area contributed by atoms with E-state index in [4.69, 9.17) is 5.73 Å². The highest BCUT2D eigenvalue weighted by atomic mass is 32.1. The molecule has 0 saturated carbocycles. The van der Waals surface area contributed by atoms with E-state index in [0.717, 1.165) is 17.8 Å². The Morgan fingerprint density at radius 3 is 3.00 bits per heavy atom. The summed E-state index contributed by atoms with van der Waals surface area (Å²) < 4.78 is 5.66. The maximum atomic E-state index is 5.44. The third-order valence-corrected chi connectivity index (χ3v) is 2.57. The highest BCUT2D eigenvalue weighted by molar-refractivity contribution is 7.10. The standard InChI is InChI=1S/C8H12N6S/c1-3-5-6(4-14(2)12-5)10-8-11-7(9)13-15-8/h4H,3H2,1-2H3,(H3,9,10,11,13). The van der Waals surface area contributed by atoms with Crippen LogP contribution < -0.4 is 11.1 Å². The van der Waals surface area contributed by atoms with Crippen molar-refractivity contribution in [1.82, 2.24) is 19.1 Å². The molecule has 15 heavy (non-hydrogen) atoms. The monoisotopic (exact) mass is 224 g/mol. The average Bonchev–Trinajstić information content (AvgIpc) is 2.73. The van der Waals surface area contributed by atoms with Gasteiger partial charge in [-0.05, 0) is 6.42 Å². The van der Waals surface area contributed by atoms with Gasteiger partial charge in [-0.25, -0.2) is 0 Å². The predicted molar refractivity (Wildman–Crippen MR) is 60.2 cm³/mol. The molecule has 0 fully saturated rings. The second-order valence-corrected chi connectivity index (χ2v) is 3.85. The van der Waals surface area contributed by atoms with Crippen molar-refractivity contribution in [2.45, 2.75) is 13.3 Å². The molecule has 0 aliphatic carbocycles. The van der Waals surface area contributed by atoms with Crippen LogP contribution in [0.1, 0.15) is 12.6 Å². The zero-order valence-corrected chi connectivity index (χ0v) is 9.38. The van der Waals surface area contributed by atoms with E-state index in [-0.39, 0.29) is 0 Å². The number of aromatic nitrogens is 4. The molecule has 0 spiro atoms. The van der Waals surface area contributed by atoms with Crippen molar-refractivity contribution in [3.63, 3.8) is 0 Å². The second kappa shape index (κ2) is 3.85. The van der Waals surface area contributed by atoms with E-state index in [1.807, 2.05) is 13.2 Å². The average molecular weight is 224 g/mol. The molecule has 0 atom stereocenters. The smallest absolute Gasteiger partial charge is 0.233 e. The van der Waals surface area contributed by atoms with E-state index in [1.165, 1.54) is 11.5 Å². The van der Waals surface area contributed by atoms with E-state index in [2.05, 4.69) is 26.7 Å². The van der Waals surface area contributed by atoms with Crippen LogP contribution in [0.15, 0.2) is 6.20 Å². The summed E-state index contributed by atoms with van der Waals surface area (Å²) in [6, 6.07) is 0.